The molecule has 0 aromatic heterocycles. The summed E-state index contributed by atoms with van der Waals surface area (Å²) in [5.74, 6) is 0. The van der Waals surface area contributed by atoms with Gasteiger partial charge >= 0.3 is 0 Å². The molecule has 0 spiro atoms. The third kappa shape index (κ3) is 4.17. The highest BCUT2D eigenvalue weighted by molar-refractivity contribution is 6.39. The maximum Gasteiger partial charge on any atom is 0.0588 e. The van der Waals surface area contributed by atoms with Crippen molar-refractivity contribution in [3.05, 3.63) is 32.8 Å². The number of benzene rings is 1. The zero-order valence-corrected chi connectivity index (χ0v) is 10.4. The van der Waals surface area contributed by atoms with Crippen LogP contribution in [0, 0.1) is 0 Å². The van der Waals surface area contributed by atoms with Gasteiger partial charge < -0.3 is 10.5 Å². The Morgan fingerprint density at radius 1 is 1.07 bits per heavy atom. The molecular formula is C10H12Cl3NO. The minimum atomic E-state index is 0.516. The number of hydrogen-bond donors (Lipinski definition) is 1. The molecule has 0 aliphatic rings. The molecule has 2 nitrogen and oxygen atoms in total. The highest BCUT2D eigenvalue weighted by atomic mass is 35.5. The molecule has 0 fully saturated rings. The molecular weight excluding hydrogens is 256 g/mol. The molecule has 5 heteroatoms. The fourth-order valence-corrected chi connectivity index (χ4v) is 2.18. The van der Waals surface area contributed by atoms with Crippen molar-refractivity contribution in [3.63, 3.8) is 0 Å². The number of nitrogens with two attached hydrogens (primary N) is 1. The van der Waals surface area contributed by atoms with Crippen molar-refractivity contribution in [3.8, 4) is 0 Å². The van der Waals surface area contributed by atoms with Crippen LogP contribution in [-0.4, -0.2) is 19.8 Å². The summed E-state index contributed by atoms with van der Waals surface area (Å²) < 4.78 is 5.25. The molecule has 0 aliphatic carbocycles. The van der Waals surface area contributed by atoms with Gasteiger partial charge in [0.25, 0.3) is 0 Å². The fraction of sp³-hybridized carbons (Fsp3) is 0.400. The maximum absolute atomic E-state index is 6.00. The molecule has 0 saturated heterocycles. The molecule has 0 heterocycles. The number of ether oxygens (including phenoxy) is 1. The van der Waals surface area contributed by atoms with Gasteiger partial charge in [0.2, 0.25) is 0 Å². The topological polar surface area (TPSA) is 35.2 Å². The number of halogens is 3. The van der Waals surface area contributed by atoms with Crippen LogP contribution in [0.5, 0.6) is 0 Å². The van der Waals surface area contributed by atoms with Crippen LogP contribution in [0.1, 0.15) is 5.56 Å². The normalized spacial score (nSPS) is 10.7. The quantitative estimate of drug-likeness (QED) is 0.833. The molecule has 0 bridgehead atoms. The van der Waals surface area contributed by atoms with Crippen LogP contribution < -0.4 is 5.73 Å². The lowest BCUT2D eigenvalue weighted by atomic mass is 10.1. The van der Waals surface area contributed by atoms with Crippen LogP contribution in [0.4, 0.5) is 0 Å². The van der Waals surface area contributed by atoms with E-state index in [4.69, 9.17) is 45.3 Å². The summed E-state index contributed by atoms with van der Waals surface area (Å²) in [6.07, 6.45) is 0.662. The van der Waals surface area contributed by atoms with Crippen LogP contribution in [-0.2, 0) is 11.2 Å². The smallest absolute Gasteiger partial charge is 0.0588 e. The standard InChI is InChI=1S/C10H12Cl3NO/c11-7-5-9(12)8(10(13)6-7)1-3-15-4-2-14/h5-6H,1-4,14H2. The van der Waals surface area contributed by atoms with Crippen molar-refractivity contribution in [2.24, 2.45) is 5.73 Å². The van der Waals surface area contributed by atoms with Crippen LogP contribution in [0.25, 0.3) is 0 Å². The minimum Gasteiger partial charge on any atom is -0.380 e. The molecule has 15 heavy (non-hydrogen) atoms. The molecule has 2 N–H and O–H groups in total. The lowest BCUT2D eigenvalue weighted by molar-refractivity contribution is 0.145. The third-order valence-corrected chi connectivity index (χ3v) is 2.76. The van der Waals surface area contributed by atoms with E-state index in [9.17, 15) is 0 Å². The first-order valence-electron chi connectivity index (χ1n) is 4.56. The van der Waals surface area contributed by atoms with E-state index in [1.54, 1.807) is 12.1 Å². The van der Waals surface area contributed by atoms with Gasteiger partial charge in [-0.2, -0.15) is 0 Å². The fourth-order valence-electron chi connectivity index (χ4n) is 1.17. The predicted molar refractivity (Wildman–Crippen MR) is 65.0 cm³/mol. The van der Waals surface area contributed by atoms with E-state index in [1.807, 2.05) is 0 Å². The summed E-state index contributed by atoms with van der Waals surface area (Å²) in [6.45, 7) is 1.61. The molecule has 0 unspecified atom stereocenters. The second-order valence-electron chi connectivity index (χ2n) is 3.00. The highest BCUT2D eigenvalue weighted by Gasteiger charge is 2.07. The van der Waals surface area contributed by atoms with Gasteiger partial charge in [0, 0.05) is 21.6 Å². The lowest BCUT2D eigenvalue weighted by Gasteiger charge is -2.08. The Morgan fingerprint density at radius 3 is 2.20 bits per heavy atom. The highest BCUT2D eigenvalue weighted by Crippen LogP contribution is 2.29. The van der Waals surface area contributed by atoms with Crippen LogP contribution in [0.15, 0.2) is 12.1 Å². The SMILES string of the molecule is NCCOCCc1c(Cl)cc(Cl)cc1Cl. The van der Waals surface area contributed by atoms with Gasteiger partial charge in [-0.05, 0) is 24.1 Å². The predicted octanol–water partition coefficient (Wildman–Crippen LogP) is 3.16. The third-order valence-electron chi connectivity index (χ3n) is 1.86. The Bertz CT molecular complexity index is 307. The first kappa shape index (κ1) is 13.1. The van der Waals surface area contributed by atoms with Gasteiger partial charge in [0.1, 0.15) is 0 Å². The molecule has 0 saturated carbocycles. The summed E-state index contributed by atoms with van der Waals surface area (Å²) in [7, 11) is 0. The first-order chi connectivity index (χ1) is 7.15. The molecule has 0 atom stereocenters. The van der Waals surface area contributed by atoms with E-state index in [0.717, 1.165) is 5.56 Å². The van der Waals surface area contributed by atoms with Crippen LogP contribution in [0.3, 0.4) is 0 Å². The lowest BCUT2D eigenvalue weighted by Crippen LogP contribution is -2.10. The van der Waals surface area contributed by atoms with Gasteiger partial charge in [-0.25, -0.2) is 0 Å². The van der Waals surface area contributed by atoms with E-state index in [-0.39, 0.29) is 0 Å². The van der Waals surface area contributed by atoms with Crippen molar-refractivity contribution in [1.29, 1.82) is 0 Å². The molecule has 1 rings (SSSR count). The molecule has 0 radical (unpaired) electrons. The summed E-state index contributed by atoms with van der Waals surface area (Å²) in [4.78, 5) is 0. The summed E-state index contributed by atoms with van der Waals surface area (Å²) in [6, 6.07) is 3.35. The zero-order valence-electron chi connectivity index (χ0n) is 8.10. The van der Waals surface area contributed by atoms with E-state index in [1.165, 1.54) is 0 Å². The number of rotatable bonds is 5. The number of hydrogen-bond acceptors (Lipinski definition) is 2. The summed E-state index contributed by atoms with van der Waals surface area (Å²) in [5, 5.41) is 1.68. The molecule has 1 aromatic rings. The average Bonchev–Trinajstić information content (AvgIpc) is 2.15. The van der Waals surface area contributed by atoms with Gasteiger partial charge in [0.15, 0.2) is 0 Å². The van der Waals surface area contributed by atoms with Crippen molar-refractivity contribution in [2.75, 3.05) is 19.8 Å². The van der Waals surface area contributed by atoms with Gasteiger partial charge in [0.05, 0.1) is 13.2 Å². The van der Waals surface area contributed by atoms with Crippen molar-refractivity contribution >= 4 is 34.8 Å². The Balaban J connectivity index is 2.60. The molecule has 0 amide bonds. The van der Waals surface area contributed by atoms with Crippen molar-refractivity contribution in [2.45, 2.75) is 6.42 Å². The Kier molecular flexibility index (Phi) is 5.72. The van der Waals surface area contributed by atoms with Gasteiger partial charge in [-0.1, -0.05) is 34.8 Å². The maximum atomic E-state index is 6.00. The summed E-state index contributed by atoms with van der Waals surface area (Å²) >= 11 is 17.8. The van der Waals surface area contributed by atoms with Crippen LogP contribution in [0.2, 0.25) is 15.1 Å². The minimum absolute atomic E-state index is 0.516. The van der Waals surface area contributed by atoms with Crippen molar-refractivity contribution < 1.29 is 4.74 Å². The second-order valence-corrected chi connectivity index (χ2v) is 4.25. The molecule has 0 aliphatic heterocycles. The van der Waals surface area contributed by atoms with Gasteiger partial charge in [-0.3, -0.25) is 0 Å². The van der Waals surface area contributed by atoms with Crippen molar-refractivity contribution in [1.82, 2.24) is 0 Å². The second kappa shape index (κ2) is 6.56. The van der Waals surface area contributed by atoms with Crippen LogP contribution >= 0.6 is 34.8 Å². The molecule has 84 valence electrons. The van der Waals surface area contributed by atoms with E-state index < -0.39 is 0 Å². The van der Waals surface area contributed by atoms with E-state index in [2.05, 4.69) is 0 Å². The Labute approximate surface area is 104 Å². The monoisotopic (exact) mass is 267 g/mol. The van der Waals surface area contributed by atoms with Gasteiger partial charge in [-0.15, -0.1) is 0 Å². The van der Waals surface area contributed by atoms with E-state index >= 15 is 0 Å². The zero-order chi connectivity index (χ0) is 11.3. The Hall–Kier alpha value is 0.01000. The average molecular weight is 269 g/mol. The largest absolute Gasteiger partial charge is 0.380 e. The Morgan fingerprint density at radius 2 is 1.67 bits per heavy atom. The van der Waals surface area contributed by atoms with E-state index in [0.29, 0.717) is 41.2 Å². The summed E-state index contributed by atoms with van der Waals surface area (Å²) in [5.41, 5.74) is 6.15. The first-order valence-corrected chi connectivity index (χ1v) is 5.69. The molecule has 1 aromatic carbocycles.